The summed E-state index contributed by atoms with van der Waals surface area (Å²) in [5.74, 6) is 2.44. The molecule has 5 heteroatoms. The van der Waals surface area contributed by atoms with Crippen LogP contribution < -0.4 is 4.90 Å². The molecule has 15 heavy (non-hydrogen) atoms. The van der Waals surface area contributed by atoms with Gasteiger partial charge in [-0.1, -0.05) is 21.9 Å². The number of benzene rings is 1. The Labute approximate surface area is 96.2 Å². The minimum Gasteiger partial charge on any atom is -0.358 e. The number of rotatable bonds is 3. The van der Waals surface area contributed by atoms with Crippen molar-refractivity contribution in [1.82, 2.24) is 0 Å². The number of halogens is 1. The van der Waals surface area contributed by atoms with Crippen molar-refractivity contribution in [1.29, 1.82) is 0 Å². The first-order chi connectivity index (χ1) is 7.06. The fraction of sp³-hybridized carbons (Fsp3) is 0.200. The van der Waals surface area contributed by atoms with E-state index in [0.29, 0.717) is 16.7 Å². The predicted octanol–water partition coefficient (Wildman–Crippen LogP) is 2.43. The van der Waals surface area contributed by atoms with Crippen molar-refractivity contribution in [3.8, 4) is 12.3 Å². The maximum absolute atomic E-state index is 10.8. The van der Waals surface area contributed by atoms with Crippen LogP contribution in [0, 0.1) is 22.5 Å². The third-order valence-electron chi connectivity index (χ3n) is 1.87. The van der Waals surface area contributed by atoms with Crippen molar-refractivity contribution in [3.05, 3.63) is 32.8 Å². The smallest absolute Gasteiger partial charge is 0.293 e. The predicted molar refractivity (Wildman–Crippen MR) is 62.9 cm³/mol. The van der Waals surface area contributed by atoms with Gasteiger partial charge >= 0.3 is 0 Å². The van der Waals surface area contributed by atoms with Crippen molar-refractivity contribution in [2.45, 2.75) is 0 Å². The Bertz CT molecular complexity index is 426. The first kappa shape index (κ1) is 11.5. The first-order valence-electron chi connectivity index (χ1n) is 4.15. The molecule has 0 atom stereocenters. The van der Waals surface area contributed by atoms with Gasteiger partial charge in [0.15, 0.2) is 0 Å². The summed E-state index contributed by atoms with van der Waals surface area (Å²) in [7, 11) is 1.72. The van der Waals surface area contributed by atoms with Crippen molar-refractivity contribution >= 4 is 27.3 Å². The first-order valence-corrected chi connectivity index (χ1v) is 4.94. The van der Waals surface area contributed by atoms with Crippen LogP contribution in [0.2, 0.25) is 0 Å². The molecule has 0 unspecified atom stereocenters. The second-order valence-electron chi connectivity index (χ2n) is 2.95. The molecular weight excluding hydrogens is 260 g/mol. The van der Waals surface area contributed by atoms with Crippen LogP contribution in [-0.4, -0.2) is 18.5 Å². The molecule has 0 radical (unpaired) electrons. The summed E-state index contributed by atoms with van der Waals surface area (Å²) < 4.78 is 0.673. The fourth-order valence-electron chi connectivity index (χ4n) is 1.19. The van der Waals surface area contributed by atoms with Gasteiger partial charge in [0, 0.05) is 17.6 Å². The zero-order chi connectivity index (χ0) is 11.4. The molecule has 0 aliphatic carbocycles. The van der Waals surface area contributed by atoms with Crippen LogP contribution in [0.3, 0.4) is 0 Å². The van der Waals surface area contributed by atoms with Gasteiger partial charge < -0.3 is 4.90 Å². The lowest BCUT2D eigenvalue weighted by atomic mass is 10.2. The molecule has 0 aromatic heterocycles. The van der Waals surface area contributed by atoms with Gasteiger partial charge in [-0.15, -0.1) is 6.42 Å². The summed E-state index contributed by atoms with van der Waals surface area (Å²) in [5, 5.41) is 10.8. The van der Waals surface area contributed by atoms with Crippen LogP contribution in [0.5, 0.6) is 0 Å². The molecule has 0 spiro atoms. The van der Waals surface area contributed by atoms with Gasteiger partial charge in [0.2, 0.25) is 0 Å². The van der Waals surface area contributed by atoms with E-state index in [2.05, 4.69) is 21.9 Å². The molecule has 0 bridgehead atoms. The van der Waals surface area contributed by atoms with Crippen molar-refractivity contribution in [2.24, 2.45) is 0 Å². The molecular formula is C10H9BrN2O2. The lowest BCUT2D eigenvalue weighted by Gasteiger charge is -2.15. The van der Waals surface area contributed by atoms with Gasteiger partial charge in [0.1, 0.15) is 5.69 Å². The van der Waals surface area contributed by atoms with E-state index >= 15 is 0 Å². The van der Waals surface area contributed by atoms with Crippen molar-refractivity contribution in [2.75, 3.05) is 18.5 Å². The maximum atomic E-state index is 10.8. The Morgan fingerprint density at radius 2 is 2.33 bits per heavy atom. The highest BCUT2D eigenvalue weighted by Crippen LogP contribution is 2.30. The highest BCUT2D eigenvalue weighted by molar-refractivity contribution is 9.10. The molecule has 0 saturated carbocycles. The molecule has 1 rings (SSSR count). The third-order valence-corrected chi connectivity index (χ3v) is 2.37. The number of hydrogen-bond acceptors (Lipinski definition) is 3. The largest absolute Gasteiger partial charge is 0.358 e. The summed E-state index contributed by atoms with van der Waals surface area (Å²) in [4.78, 5) is 12.0. The standard InChI is InChI=1S/C10H9BrN2O2/c1-3-6-12(2)9-5-4-8(11)7-10(9)13(14)15/h1,4-5,7H,6H2,2H3. The topological polar surface area (TPSA) is 46.4 Å². The Morgan fingerprint density at radius 1 is 1.67 bits per heavy atom. The molecule has 0 aliphatic heterocycles. The fourth-order valence-corrected chi connectivity index (χ4v) is 1.54. The molecule has 78 valence electrons. The molecule has 1 aromatic carbocycles. The zero-order valence-corrected chi connectivity index (χ0v) is 9.69. The molecule has 0 amide bonds. The minimum atomic E-state index is -0.424. The molecule has 0 aliphatic rings. The number of anilines is 1. The Balaban J connectivity index is 3.17. The van der Waals surface area contributed by atoms with Crippen LogP contribution in [0.4, 0.5) is 11.4 Å². The monoisotopic (exact) mass is 268 g/mol. The van der Waals surface area contributed by atoms with E-state index in [0.717, 1.165) is 0 Å². The lowest BCUT2D eigenvalue weighted by molar-refractivity contribution is -0.384. The SMILES string of the molecule is C#CCN(C)c1ccc(Br)cc1[N+](=O)[O-]. The number of terminal acetylenes is 1. The van der Waals surface area contributed by atoms with Crippen molar-refractivity contribution < 1.29 is 4.92 Å². The van der Waals surface area contributed by atoms with Crippen LogP contribution in [0.15, 0.2) is 22.7 Å². The normalized spacial score (nSPS) is 9.40. The van der Waals surface area contributed by atoms with E-state index in [4.69, 9.17) is 6.42 Å². The van der Waals surface area contributed by atoms with E-state index in [9.17, 15) is 10.1 Å². The van der Waals surface area contributed by atoms with Crippen LogP contribution in [0.1, 0.15) is 0 Å². The van der Waals surface area contributed by atoms with E-state index in [1.807, 2.05) is 0 Å². The molecule has 1 aromatic rings. The van der Waals surface area contributed by atoms with E-state index in [1.54, 1.807) is 24.1 Å². The molecule has 4 nitrogen and oxygen atoms in total. The van der Waals surface area contributed by atoms with Crippen molar-refractivity contribution in [3.63, 3.8) is 0 Å². The summed E-state index contributed by atoms with van der Waals surface area (Å²) >= 11 is 3.19. The van der Waals surface area contributed by atoms with Crippen LogP contribution >= 0.6 is 15.9 Å². The van der Waals surface area contributed by atoms with Crippen LogP contribution in [-0.2, 0) is 0 Å². The van der Waals surface area contributed by atoms with E-state index < -0.39 is 4.92 Å². The summed E-state index contributed by atoms with van der Waals surface area (Å²) in [5.41, 5.74) is 0.559. The summed E-state index contributed by atoms with van der Waals surface area (Å²) in [6.45, 7) is 0.336. The van der Waals surface area contributed by atoms with E-state index in [-0.39, 0.29) is 5.69 Å². The average molecular weight is 269 g/mol. The second kappa shape index (κ2) is 4.80. The Morgan fingerprint density at radius 3 is 2.87 bits per heavy atom. The molecule has 0 saturated heterocycles. The average Bonchev–Trinajstić information content (AvgIpc) is 2.17. The Hall–Kier alpha value is -1.54. The Kier molecular flexibility index (Phi) is 3.69. The van der Waals surface area contributed by atoms with E-state index in [1.165, 1.54) is 6.07 Å². The zero-order valence-electron chi connectivity index (χ0n) is 8.11. The molecule has 0 fully saturated rings. The van der Waals surface area contributed by atoms with Gasteiger partial charge in [0.25, 0.3) is 5.69 Å². The number of nitro groups is 1. The summed E-state index contributed by atoms with van der Waals surface area (Å²) in [6, 6.07) is 4.87. The van der Waals surface area contributed by atoms with Gasteiger partial charge in [-0.25, -0.2) is 0 Å². The maximum Gasteiger partial charge on any atom is 0.293 e. The highest BCUT2D eigenvalue weighted by Gasteiger charge is 2.16. The number of nitrogens with zero attached hydrogens (tertiary/aromatic N) is 2. The van der Waals surface area contributed by atoms with Gasteiger partial charge in [-0.2, -0.15) is 0 Å². The van der Waals surface area contributed by atoms with Crippen LogP contribution in [0.25, 0.3) is 0 Å². The van der Waals surface area contributed by atoms with Gasteiger partial charge in [0.05, 0.1) is 11.5 Å². The minimum absolute atomic E-state index is 0.0436. The second-order valence-corrected chi connectivity index (χ2v) is 3.87. The molecule has 0 N–H and O–H groups in total. The summed E-state index contributed by atoms with van der Waals surface area (Å²) in [6.07, 6.45) is 5.15. The third kappa shape index (κ3) is 2.70. The van der Waals surface area contributed by atoms with Gasteiger partial charge in [-0.05, 0) is 12.1 Å². The molecule has 0 heterocycles. The highest BCUT2D eigenvalue weighted by atomic mass is 79.9. The quantitative estimate of drug-likeness (QED) is 0.481. The lowest BCUT2D eigenvalue weighted by Crippen LogP contribution is -2.18. The van der Waals surface area contributed by atoms with Gasteiger partial charge in [-0.3, -0.25) is 10.1 Å². The number of hydrogen-bond donors (Lipinski definition) is 0. The number of nitro benzene ring substituents is 1.